The number of nitrogens with zero attached hydrogens (tertiary/aromatic N) is 2. The van der Waals surface area contributed by atoms with Gasteiger partial charge in [-0.05, 0) is 48.7 Å². The molecule has 0 saturated carbocycles. The standard InChI is InChI=1S/C24H27N3O2/c1-19-10-11-23(17-26-19)29-18-21-8-5-9-22(16-21)24(28)27(15-13-25)14-12-20-6-3-2-4-7-20/h2-11,16-17H,12-15,18,25H2,1H3. The molecule has 1 aromatic heterocycles. The molecule has 2 N–H and O–H groups in total. The first-order valence-electron chi connectivity index (χ1n) is 9.83. The Kier molecular flexibility index (Phi) is 7.36. The van der Waals surface area contributed by atoms with Crippen LogP contribution in [-0.4, -0.2) is 35.4 Å². The summed E-state index contributed by atoms with van der Waals surface area (Å²) >= 11 is 0. The minimum absolute atomic E-state index is 0.00904. The van der Waals surface area contributed by atoms with E-state index in [2.05, 4.69) is 17.1 Å². The molecule has 3 aromatic rings. The third-order valence-electron chi connectivity index (χ3n) is 4.66. The van der Waals surface area contributed by atoms with Gasteiger partial charge >= 0.3 is 0 Å². The highest BCUT2D eigenvalue weighted by Crippen LogP contribution is 2.14. The van der Waals surface area contributed by atoms with Crippen LogP contribution in [-0.2, 0) is 13.0 Å². The van der Waals surface area contributed by atoms with E-state index in [9.17, 15) is 4.79 Å². The zero-order valence-corrected chi connectivity index (χ0v) is 16.8. The van der Waals surface area contributed by atoms with E-state index in [0.717, 1.165) is 17.7 Å². The van der Waals surface area contributed by atoms with Crippen LogP contribution in [0.5, 0.6) is 5.75 Å². The monoisotopic (exact) mass is 389 g/mol. The Labute approximate surface area is 172 Å². The van der Waals surface area contributed by atoms with Crippen LogP contribution in [0.4, 0.5) is 0 Å². The van der Waals surface area contributed by atoms with Gasteiger partial charge in [0.2, 0.25) is 0 Å². The Morgan fingerprint density at radius 2 is 1.79 bits per heavy atom. The smallest absolute Gasteiger partial charge is 0.253 e. The minimum atomic E-state index is -0.00904. The van der Waals surface area contributed by atoms with Gasteiger partial charge in [0, 0.05) is 30.9 Å². The van der Waals surface area contributed by atoms with Crippen LogP contribution in [0.2, 0.25) is 0 Å². The number of carbonyl (C=O) groups excluding carboxylic acids is 1. The summed E-state index contributed by atoms with van der Waals surface area (Å²) in [5.41, 5.74) is 9.48. The van der Waals surface area contributed by atoms with Crippen LogP contribution in [0.1, 0.15) is 27.2 Å². The molecule has 5 heteroatoms. The maximum Gasteiger partial charge on any atom is 0.253 e. The van der Waals surface area contributed by atoms with Crippen molar-refractivity contribution in [1.29, 1.82) is 0 Å². The van der Waals surface area contributed by atoms with E-state index in [4.69, 9.17) is 10.5 Å². The Balaban J connectivity index is 1.64. The summed E-state index contributed by atoms with van der Waals surface area (Å²) in [5, 5.41) is 0. The average Bonchev–Trinajstić information content (AvgIpc) is 2.77. The van der Waals surface area contributed by atoms with Gasteiger partial charge in [-0.15, -0.1) is 0 Å². The molecule has 0 aliphatic carbocycles. The molecule has 150 valence electrons. The number of benzene rings is 2. The number of ether oxygens (including phenoxy) is 1. The number of aromatic nitrogens is 1. The molecular formula is C24H27N3O2. The quantitative estimate of drug-likeness (QED) is 0.607. The average molecular weight is 389 g/mol. The van der Waals surface area contributed by atoms with Crippen molar-refractivity contribution in [3.8, 4) is 5.75 Å². The second-order valence-corrected chi connectivity index (χ2v) is 6.94. The third kappa shape index (κ3) is 6.16. The van der Waals surface area contributed by atoms with E-state index in [1.54, 1.807) is 6.20 Å². The maximum atomic E-state index is 13.0. The highest BCUT2D eigenvalue weighted by atomic mass is 16.5. The van der Waals surface area contributed by atoms with E-state index in [0.29, 0.717) is 37.6 Å². The lowest BCUT2D eigenvalue weighted by molar-refractivity contribution is 0.0762. The largest absolute Gasteiger partial charge is 0.487 e. The lowest BCUT2D eigenvalue weighted by Crippen LogP contribution is -2.37. The van der Waals surface area contributed by atoms with Gasteiger partial charge in [0.05, 0.1) is 6.20 Å². The molecule has 0 radical (unpaired) electrons. The van der Waals surface area contributed by atoms with Gasteiger partial charge < -0.3 is 15.4 Å². The summed E-state index contributed by atoms with van der Waals surface area (Å²) in [5.74, 6) is 0.699. The summed E-state index contributed by atoms with van der Waals surface area (Å²) in [7, 11) is 0. The zero-order valence-electron chi connectivity index (χ0n) is 16.8. The minimum Gasteiger partial charge on any atom is -0.487 e. The fourth-order valence-corrected chi connectivity index (χ4v) is 3.06. The van der Waals surface area contributed by atoms with E-state index in [1.165, 1.54) is 5.56 Å². The zero-order chi connectivity index (χ0) is 20.5. The van der Waals surface area contributed by atoms with Gasteiger partial charge in [-0.2, -0.15) is 0 Å². The molecule has 0 unspecified atom stereocenters. The molecule has 0 aliphatic heterocycles. The van der Waals surface area contributed by atoms with Crippen molar-refractivity contribution in [2.24, 2.45) is 5.73 Å². The molecule has 1 heterocycles. The number of amides is 1. The van der Waals surface area contributed by atoms with Gasteiger partial charge in [-0.3, -0.25) is 9.78 Å². The van der Waals surface area contributed by atoms with Crippen LogP contribution in [0.25, 0.3) is 0 Å². The molecule has 0 saturated heterocycles. The first kappa shape index (κ1) is 20.6. The van der Waals surface area contributed by atoms with E-state index >= 15 is 0 Å². The van der Waals surface area contributed by atoms with Crippen LogP contribution in [0.3, 0.4) is 0 Å². The highest BCUT2D eigenvalue weighted by molar-refractivity contribution is 5.94. The summed E-state index contributed by atoms with van der Waals surface area (Å²) < 4.78 is 5.79. The summed E-state index contributed by atoms with van der Waals surface area (Å²) in [6, 6.07) is 21.5. The number of hydrogen-bond acceptors (Lipinski definition) is 4. The van der Waals surface area contributed by atoms with Crippen molar-refractivity contribution in [3.63, 3.8) is 0 Å². The van der Waals surface area contributed by atoms with Gasteiger partial charge in [0.25, 0.3) is 5.91 Å². The molecule has 0 atom stereocenters. The molecule has 2 aromatic carbocycles. The van der Waals surface area contributed by atoms with Crippen molar-refractivity contribution < 1.29 is 9.53 Å². The SMILES string of the molecule is Cc1ccc(OCc2cccc(C(=O)N(CCN)CCc3ccccc3)c2)cn1. The van der Waals surface area contributed by atoms with E-state index in [-0.39, 0.29) is 5.91 Å². The molecule has 5 nitrogen and oxygen atoms in total. The first-order valence-corrected chi connectivity index (χ1v) is 9.83. The van der Waals surface area contributed by atoms with Gasteiger partial charge in [0.15, 0.2) is 0 Å². The molecule has 0 aliphatic rings. The summed E-state index contributed by atoms with van der Waals surface area (Å²) in [4.78, 5) is 19.1. The molecule has 0 spiro atoms. The Morgan fingerprint density at radius 3 is 2.52 bits per heavy atom. The second kappa shape index (κ2) is 10.4. The molecule has 0 fully saturated rings. The highest BCUT2D eigenvalue weighted by Gasteiger charge is 2.15. The predicted octanol–water partition coefficient (Wildman–Crippen LogP) is 3.61. The summed E-state index contributed by atoms with van der Waals surface area (Å²) in [6.07, 6.45) is 2.51. The van der Waals surface area contributed by atoms with Crippen LogP contribution in [0.15, 0.2) is 72.9 Å². The fourth-order valence-electron chi connectivity index (χ4n) is 3.06. The van der Waals surface area contributed by atoms with Crippen LogP contribution < -0.4 is 10.5 Å². The Hall–Kier alpha value is -3.18. The van der Waals surface area contributed by atoms with Crippen LogP contribution in [0, 0.1) is 6.92 Å². The maximum absolute atomic E-state index is 13.0. The van der Waals surface area contributed by atoms with Gasteiger partial charge in [0.1, 0.15) is 12.4 Å². The molecule has 3 rings (SSSR count). The molecule has 0 bridgehead atoms. The van der Waals surface area contributed by atoms with Crippen molar-refractivity contribution >= 4 is 5.91 Å². The lowest BCUT2D eigenvalue weighted by Gasteiger charge is -2.22. The predicted molar refractivity (Wildman–Crippen MR) is 115 cm³/mol. The van der Waals surface area contributed by atoms with E-state index < -0.39 is 0 Å². The van der Waals surface area contributed by atoms with Crippen molar-refractivity contribution in [1.82, 2.24) is 9.88 Å². The van der Waals surface area contributed by atoms with Crippen molar-refractivity contribution in [2.45, 2.75) is 20.0 Å². The topological polar surface area (TPSA) is 68.5 Å². The van der Waals surface area contributed by atoms with Gasteiger partial charge in [-0.25, -0.2) is 0 Å². The number of carbonyl (C=O) groups is 1. The van der Waals surface area contributed by atoms with Crippen LogP contribution >= 0.6 is 0 Å². The number of hydrogen-bond donors (Lipinski definition) is 1. The lowest BCUT2D eigenvalue weighted by atomic mass is 10.1. The molecule has 29 heavy (non-hydrogen) atoms. The molecule has 1 amide bonds. The van der Waals surface area contributed by atoms with Crippen molar-refractivity contribution in [3.05, 3.63) is 95.3 Å². The Morgan fingerprint density at radius 1 is 1.00 bits per heavy atom. The normalized spacial score (nSPS) is 10.6. The summed E-state index contributed by atoms with van der Waals surface area (Å²) in [6.45, 7) is 3.91. The Bertz CT molecular complexity index is 911. The number of aryl methyl sites for hydroxylation is 1. The third-order valence-corrected chi connectivity index (χ3v) is 4.66. The first-order chi connectivity index (χ1) is 14.2. The number of rotatable bonds is 9. The van der Waals surface area contributed by atoms with Crippen molar-refractivity contribution in [2.75, 3.05) is 19.6 Å². The van der Waals surface area contributed by atoms with Gasteiger partial charge in [-0.1, -0.05) is 42.5 Å². The second-order valence-electron chi connectivity index (χ2n) is 6.94. The number of pyridine rings is 1. The fraction of sp³-hybridized carbons (Fsp3) is 0.250. The molecular weight excluding hydrogens is 362 g/mol. The van der Waals surface area contributed by atoms with E-state index in [1.807, 2.05) is 66.4 Å². The number of nitrogens with two attached hydrogens (primary N) is 1.